The van der Waals surface area contributed by atoms with E-state index in [4.69, 9.17) is 32.9 Å². The molecule has 1 aromatic heterocycles. The number of piperazine rings is 1. The number of anilines is 2. The number of nitrogens with one attached hydrogen (secondary N) is 1. The highest BCUT2D eigenvalue weighted by molar-refractivity contribution is 6.36. The number of ether oxygens (including phenoxy) is 1. The standard InChI is InChI=1S/C59H85ClN12O9/c1-7-42-31-69(37-54(75)76)44(9-3)33-71(39-56(79)80)45(10-4)32-70(38-55(77)78)43(8-2)30-68(42)36-52(73)62-23-12-13-24-65-25-16-19-46(65)40-81-59-63-50-35-66(51-21-15-18-41-17-14-20-49(60)57(41)51)26-22-48(50)58(64-59)67-27-28-72(53(74)11-5)47(34-67)29-61-6/h11,14-15,17-18,20-21,42-47H,5,7-10,12-13,16,19,22-40H2,1-4H3,(H,62,73)(H,75,76)(H,77,78)(H,79,80)/t42-,43-,44-,45-,46-,47-/m1/s1. The summed E-state index contributed by atoms with van der Waals surface area (Å²) in [6.07, 6.45) is 7.84. The number of hydrogen-bond donors (Lipinski definition) is 4. The van der Waals surface area contributed by atoms with Crippen LogP contribution in [0.4, 0.5) is 11.5 Å². The molecule has 3 saturated heterocycles. The molecule has 6 atom stereocenters. The third-order valence-corrected chi connectivity index (χ3v) is 17.2. The lowest BCUT2D eigenvalue weighted by Crippen LogP contribution is -2.60. The summed E-state index contributed by atoms with van der Waals surface area (Å²) >= 11 is 6.82. The van der Waals surface area contributed by atoms with Crippen LogP contribution in [0.5, 0.6) is 6.01 Å². The third kappa shape index (κ3) is 16.5. The number of amides is 2. The monoisotopic (exact) mass is 1140 g/mol. The number of carbonyl (C=O) groups is 5. The molecule has 442 valence electrons. The van der Waals surface area contributed by atoms with Gasteiger partial charge in [0.2, 0.25) is 18.4 Å². The summed E-state index contributed by atoms with van der Waals surface area (Å²) < 4.78 is 6.59. The zero-order valence-electron chi connectivity index (χ0n) is 47.9. The van der Waals surface area contributed by atoms with E-state index in [0.717, 1.165) is 72.3 Å². The number of fused-ring (bicyclic) bond motifs is 2. The summed E-state index contributed by atoms with van der Waals surface area (Å²) in [5, 5.41) is 36.1. The predicted octanol–water partition coefficient (Wildman–Crippen LogP) is 5.30. The lowest BCUT2D eigenvalue weighted by atomic mass is 10.0. The molecule has 0 unspecified atom stereocenters. The average molecular weight is 1140 g/mol. The average Bonchev–Trinajstić information content (AvgIpc) is 4.06. The van der Waals surface area contributed by atoms with Gasteiger partial charge in [-0.25, -0.2) is 6.57 Å². The van der Waals surface area contributed by atoms with Crippen LogP contribution < -0.4 is 19.9 Å². The second kappa shape index (κ2) is 30.2. The van der Waals surface area contributed by atoms with Crippen LogP contribution in [0.2, 0.25) is 5.02 Å². The van der Waals surface area contributed by atoms with Gasteiger partial charge in [0.25, 0.3) is 0 Å². The molecule has 21 nitrogen and oxygen atoms in total. The Morgan fingerprint density at radius 3 is 1.89 bits per heavy atom. The van der Waals surface area contributed by atoms with Gasteiger partial charge < -0.3 is 44.9 Å². The van der Waals surface area contributed by atoms with E-state index in [1.54, 1.807) is 4.90 Å². The Labute approximate surface area is 482 Å². The Morgan fingerprint density at radius 1 is 0.728 bits per heavy atom. The van der Waals surface area contributed by atoms with E-state index >= 15 is 0 Å². The minimum atomic E-state index is -1.00. The topological polar surface area (TPSA) is 223 Å². The zero-order valence-corrected chi connectivity index (χ0v) is 48.6. The molecule has 3 aromatic rings. The van der Waals surface area contributed by atoms with Crippen molar-refractivity contribution in [3.8, 4) is 6.01 Å². The number of carboxylic acid groups (broad SMARTS) is 3. The summed E-state index contributed by atoms with van der Waals surface area (Å²) in [4.78, 5) is 94.1. The third-order valence-electron chi connectivity index (χ3n) is 16.9. The minimum Gasteiger partial charge on any atom is -0.480 e. The van der Waals surface area contributed by atoms with Gasteiger partial charge in [0.05, 0.1) is 43.4 Å². The van der Waals surface area contributed by atoms with E-state index in [0.29, 0.717) is 109 Å². The van der Waals surface area contributed by atoms with Gasteiger partial charge in [-0.15, -0.1) is 0 Å². The van der Waals surface area contributed by atoms with Gasteiger partial charge in [-0.1, -0.05) is 70.1 Å². The lowest BCUT2D eigenvalue weighted by Gasteiger charge is -2.45. The molecule has 0 aliphatic carbocycles. The molecule has 22 heteroatoms. The molecule has 0 radical (unpaired) electrons. The normalized spacial score (nSPS) is 23.0. The Hall–Kier alpha value is -6.15. The molecule has 0 saturated carbocycles. The van der Waals surface area contributed by atoms with Crippen molar-refractivity contribution in [3.05, 3.63) is 76.8 Å². The van der Waals surface area contributed by atoms with Crippen molar-refractivity contribution in [2.24, 2.45) is 0 Å². The van der Waals surface area contributed by atoms with Gasteiger partial charge in [-0.2, -0.15) is 9.97 Å². The van der Waals surface area contributed by atoms with Crippen molar-refractivity contribution in [2.75, 3.05) is 121 Å². The maximum absolute atomic E-state index is 14.0. The smallest absolute Gasteiger partial charge is 0.318 e. The Bertz CT molecular complexity index is 2680. The molecule has 81 heavy (non-hydrogen) atoms. The summed E-state index contributed by atoms with van der Waals surface area (Å²) in [6, 6.07) is 11.1. The van der Waals surface area contributed by atoms with Crippen LogP contribution in [0.3, 0.4) is 0 Å². The first-order valence-corrected chi connectivity index (χ1v) is 29.5. The molecule has 4 aliphatic rings. The quantitative estimate of drug-likeness (QED) is 0.0508. The number of unbranched alkanes of at least 4 members (excludes halogenated alkanes) is 1. The number of aliphatic carboxylic acids is 3. The number of rotatable bonds is 24. The minimum absolute atomic E-state index is 0.0519. The molecule has 3 fully saturated rings. The number of aromatic nitrogens is 2. The summed E-state index contributed by atoms with van der Waals surface area (Å²) in [5.41, 5.74) is 2.93. The molecular weight excluding hydrogens is 1060 g/mol. The molecule has 0 spiro atoms. The molecule has 4 aliphatic heterocycles. The first-order valence-electron chi connectivity index (χ1n) is 29.2. The van der Waals surface area contributed by atoms with E-state index in [9.17, 15) is 39.3 Å². The van der Waals surface area contributed by atoms with Crippen LogP contribution in [0.15, 0.2) is 49.1 Å². The summed E-state index contributed by atoms with van der Waals surface area (Å²) in [7, 11) is 0. The Morgan fingerprint density at radius 2 is 1.32 bits per heavy atom. The van der Waals surface area contributed by atoms with Crippen molar-refractivity contribution in [1.82, 2.24) is 44.7 Å². The number of likely N-dealkylation sites (tertiary alicyclic amines) is 1. The fourth-order valence-corrected chi connectivity index (χ4v) is 12.9. The number of halogens is 1. The SMILES string of the molecule is [C-]#[N+]C[C@@H]1CN(c2nc(OC[C@H]3CCCN3CCCCNC(=O)CN3C[C@@H](CC)N(CC(=O)O)C[C@@H](CC)N(CC(=O)O)C[C@@H](CC)N(CC(=O)O)C[C@H]3CC)nc3c2CCN(c2cccc4cccc(Cl)c24)C3)CCN1C(=O)C=C. The number of carboxylic acids is 3. The first kappa shape index (κ1) is 62.5. The largest absolute Gasteiger partial charge is 0.480 e. The molecule has 5 heterocycles. The van der Waals surface area contributed by atoms with Crippen molar-refractivity contribution in [3.63, 3.8) is 0 Å². The van der Waals surface area contributed by atoms with Crippen LogP contribution >= 0.6 is 11.6 Å². The molecule has 2 aromatic carbocycles. The Kier molecular flexibility index (Phi) is 23.3. The van der Waals surface area contributed by atoms with Gasteiger partial charge in [-0.3, -0.25) is 48.5 Å². The van der Waals surface area contributed by atoms with E-state index in [1.165, 1.54) is 6.08 Å². The zero-order chi connectivity index (χ0) is 58.2. The van der Waals surface area contributed by atoms with Crippen molar-refractivity contribution in [2.45, 2.75) is 128 Å². The predicted molar refractivity (Wildman–Crippen MR) is 313 cm³/mol. The summed E-state index contributed by atoms with van der Waals surface area (Å²) in [5.74, 6) is -2.56. The van der Waals surface area contributed by atoms with Gasteiger partial charge in [0.1, 0.15) is 18.5 Å². The number of benzene rings is 2. The van der Waals surface area contributed by atoms with Gasteiger partial charge in [0.15, 0.2) is 0 Å². The molecule has 2 amide bonds. The van der Waals surface area contributed by atoms with E-state index in [2.05, 4.69) is 54.5 Å². The molecule has 0 bridgehead atoms. The highest BCUT2D eigenvalue weighted by atomic mass is 35.5. The van der Waals surface area contributed by atoms with Crippen LogP contribution in [0.25, 0.3) is 15.6 Å². The van der Waals surface area contributed by atoms with Crippen LogP contribution in [0.1, 0.15) is 90.3 Å². The number of nitrogens with zero attached hydrogens (tertiary/aromatic N) is 11. The Balaban J connectivity index is 1.01. The van der Waals surface area contributed by atoms with Crippen molar-refractivity contribution >= 4 is 63.6 Å². The highest BCUT2D eigenvalue weighted by Gasteiger charge is 2.38. The first-order chi connectivity index (χ1) is 39.1. The molecular formula is C59H85ClN12O9. The molecule has 4 N–H and O–H groups in total. The second-order valence-corrected chi connectivity index (χ2v) is 22.5. The van der Waals surface area contributed by atoms with E-state index < -0.39 is 17.9 Å². The fourth-order valence-electron chi connectivity index (χ4n) is 12.6. The number of carbonyl (C=O) groups excluding carboxylic acids is 2. The van der Waals surface area contributed by atoms with Gasteiger partial charge in [0, 0.05) is 106 Å². The van der Waals surface area contributed by atoms with Gasteiger partial charge >= 0.3 is 23.9 Å². The summed E-state index contributed by atoms with van der Waals surface area (Å²) in [6.45, 7) is 25.3. The second-order valence-electron chi connectivity index (χ2n) is 22.1. The van der Waals surface area contributed by atoms with Crippen molar-refractivity contribution < 1.29 is 44.0 Å². The van der Waals surface area contributed by atoms with E-state index in [-0.39, 0.29) is 86.8 Å². The lowest BCUT2D eigenvalue weighted by molar-refractivity contribution is -0.143. The fraction of sp³-hybridized carbons (Fsp3) is 0.627. The van der Waals surface area contributed by atoms with Gasteiger partial charge in [-0.05, 0) is 94.5 Å². The molecule has 7 rings (SSSR count). The van der Waals surface area contributed by atoms with Crippen molar-refractivity contribution in [1.29, 1.82) is 0 Å². The van der Waals surface area contributed by atoms with Crippen LogP contribution in [0, 0.1) is 6.57 Å². The maximum Gasteiger partial charge on any atom is 0.318 e. The number of hydrogen-bond acceptors (Lipinski definition) is 15. The van der Waals surface area contributed by atoms with Crippen LogP contribution in [-0.2, 0) is 36.9 Å². The van der Waals surface area contributed by atoms with E-state index in [1.807, 2.05) is 60.6 Å². The van der Waals surface area contributed by atoms with Crippen LogP contribution in [-0.4, -0.2) is 232 Å². The maximum atomic E-state index is 14.0. The highest BCUT2D eigenvalue weighted by Crippen LogP contribution is 2.38.